The average Bonchev–Trinajstić information content (AvgIpc) is 2.30. The largest absolute Gasteiger partial charge is 0.143 e. The molecule has 0 amide bonds. The van der Waals surface area contributed by atoms with E-state index in [1.807, 2.05) is 0 Å². The molecule has 0 fully saturated rings. The summed E-state index contributed by atoms with van der Waals surface area (Å²) in [6, 6.07) is 2.12. The fourth-order valence-electron chi connectivity index (χ4n) is 0.946. The Labute approximate surface area is 91.1 Å². The first-order valence-electron chi connectivity index (χ1n) is 3.92. The molecule has 0 aliphatic carbocycles. The topological polar surface area (TPSA) is 0 Å². The van der Waals surface area contributed by atoms with Crippen molar-refractivity contribution in [3.63, 3.8) is 0 Å². The zero-order chi connectivity index (χ0) is 9.30. The van der Waals surface area contributed by atoms with Gasteiger partial charge in [-0.15, -0.1) is 22.9 Å². The van der Waals surface area contributed by atoms with Crippen molar-refractivity contribution in [2.24, 2.45) is 5.92 Å². The third-order valence-corrected chi connectivity index (χ3v) is 4.82. The second kappa shape index (κ2) is 4.12. The van der Waals surface area contributed by atoms with Crippen LogP contribution >= 0.6 is 38.9 Å². The van der Waals surface area contributed by atoms with Crippen molar-refractivity contribution in [2.75, 3.05) is 0 Å². The minimum Gasteiger partial charge on any atom is -0.143 e. The first-order chi connectivity index (χ1) is 5.52. The van der Waals surface area contributed by atoms with Crippen molar-refractivity contribution in [3.05, 3.63) is 20.3 Å². The second-order valence-corrected chi connectivity index (χ2v) is 5.81. The quantitative estimate of drug-likeness (QED) is 0.678. The number of thiophene rings is 1. The highest BCUT2D eigenvalue weighted by molar-refractivity contribution is 9.10. The van der Waals surface area contributed by atoms with Crippen LogP contribution in [0.3, 0.4) is 0 Å². The van der Waals surface area contributed by atoms with Crippen LogP contribution in [0, 0.1) is 12.8 Å². The van der Waals surface area contributed by atoms with Crippen LogP contribution in [-0.2, 0) is 0 Å². The third-order valence-electron chi connectivity index (χ3n) is 1.73. The molecule has 0 N–H and O–H groups in total. The van der Waals surface area contributed by atoms with E-state index in [1.54, 1.807) is 11.3 Å². The van der Waals surface area contributed by atoms with Crippen LogP contribution in [-0.4, -0.2) is 0 Å². The van der Waals surface area contributed by atoms with E-state index in [2.05, 4.69) is 42.8 Å². The molecule has 0 saturated carbocycles. The van der Waals surface area contributed by atoms with Crippen LogP contribution in [0.1, 0.15) is 29.0 Å². The molecule has 68 valence electrons. The summed E-state index contributed by atoms with van der Waals surface area (Å²) in [5.41, 5.74) is 0. The van der Waals surface area contributed by atoms with Crippen molar-refractivity contribution >= 4 is 38.9 Å². The second-order valence-electron chi connectivity index (χ2n) is 3.20. The van der Waals surface area contributed by atoms with E-state index in [9.17, 15) is 0 Å². The van der Waals surface area contributed by atoms with E-state index in [0.717, 1.165) is 0 Å². The monoisotopic (exact) mass is 266 g/mol. The van der Waals surface area contributed by atoms with Gasteiger partial charge < -0.3 is 0 Å². The molecule has 12 heavy (non-hydrogen) atoms. The third kappa shape index (κ3) is 2.24. The standard InChI is InChI=1S/C9H12BrClS/c1-5(2)9(11)8-4-7(10)6(3)12-8/h4-5,9H,1-3H3. The highest BCUT2D eigenvalue weighted by Gasteiger charge is 2.15. The van der Waals surface area contributed by atoms with E-state index in [-0.39, 0.29) is 5.38 Å². The Morgan fingerprint density at radius 3 is 2.42 bits per heavy atom. The summed E-state index contributed by atoms with van der Waals surface area (Å²) < 4.78 is 1.17. The van der Waals surface area contributed by atoms with Crippen molar-refractivity contribution in [1.82, 2.24) is 0 Å². The van der Waals surface area contributed by atoms with Crippen LogP contribution in [0.4, 0.5) is 0 Å². The normalized spacial score (nSPS) is 13.8. The van der Waals surface area contributed by atoms with Gasteiger partial charge in [-0.2, -0.15) is 0 Å². The summed E-state index contributed by atoms with van der Waals surface area (Å²) in [5.74, 6) is 0.497. The Balaban J connectivity index is 2.89. The van der Waals surface area contributed by atoms with E-state index < -0.39 is 0 Å². The van der Waals surface area contributed by atoms with Crippen LogP contribution in [0.2, 0.25) is 0 Å². The van der Waals surface area contributed by atoms with Gasteiger partial charge in [-0.3, -0.25) is 0 Å². The lowest BCUT2D eigenvalue weighted by molar-refractivity contribution is 0.631. The van der Waals surface area contributed by atoms with Gasteiger partial charge in [-0.25, -0.2) is 0 Å². The van der Waals surface area contributed by atoms with Gasteiger partial charge in [0.05, 0.1) is 5.38 Å². The minimum absolute atomic E-state index is 0.153. The van der Waals surface area contributed by atoms with E-state index in [4.69, 9.17) is 11.6 Å². The summed E-state index contributed by atoms with van der Waals surface area (Å²) in [6.45, 7) is 6.38. The van der Waals surface area contributed by atoms with Gasteiger partial charge in [0.25, 0.3) is 0 Å². The summed E-state index contributed by atoms with van der Waals surface area (Å²) in [7, 11) is 0. The molecule has 1 aromatic rings. The predicted octanol–water partition coefficient (Wildman–Crippen LogP) is 4.75. The lowest BCUT2D eigenvalue weighted by Crippen LogP contribution is -1.95. The Morgan fingerprint density at radius 2 is 2.08 bits per heavy atom. The highest BCUT2D eigenvalue weighted by Crippen LogP contribution is 2.37. The molecule has 0 saturated heterocycles. The Morgan fingerprint density at radius 1 is 1.50 bits per heavy atom. The predicted molar refractivity (Wildman–Crippen MR) is 60.2 cm³/mol. The summed E-state index contributed by atoms with van der Waals surface area (Å²) in [5, 5.41) is 0.153. The van der Waals surface area contributed by atoms with Crippen molar-refractivity contribution in [1.29, 1.82) is 0 Å². The van der Waals surface area contributed by atoms with Gasteiger partial charge in [0.1, 0.15) is 0 Å². The zero-order valence-corrected chi connectivity index (χ0v) is 10.6. The maximum atomic E-state index is 6.22. The molecule has 0 nitrogen and oxygen atoms in total. The number of hydrogen-bond acceptors (Lipinski definition) is 1. The Bertz CT molecular complexity index is 248. The van der Waals surface area contributed by atoms with Gasteiger partial charge in [0.15, 0.2) is 0 Å². The lowest BCUT2D eigenvalue weighted by atomic mass is 10.1. The first-order valence-corrected chi connectivity index (χ1v) is 5.97. The SMILES string of the molecule is Cc1sc(C(Cl)C(C)C)cc1Br. The van der Waals surface area contributed by atoms with E-state index >= 15 is 0 Å². The molecule has 1 aromatic heterocycles. The average molecular weight is 268 g/mol. The molecule has 1 rings (SSSR count). The van der Waals surface area contributed by atoms with E-state index in [1.165, 1.54) is 14.2 Å². The highest BCUT2D eigenvalue weighted by atomic mass is 79.9. The number of halogens is 2. The number of alkyl halides is 1. The van der Waals surface area contributed by atoms with Gasteiger partial charge in [0.2, 0.25) is 0 Å². The van der Waals surface area contributed by atoms with E-state index in [0.29, 0.717) is 5.92 Å². The summed E-state index contributed by atoms with van der Waals surface area (Å²) in [6.07, 6.45) is 0. The molecule has 0 aromatic carbocycles. The fraction of sp³-hybridized carbons (Fsp3) is 0.556. The first kappa shape index (κ1) is 10.6. The molecule has 0 spiro atoms. The molecule has 0 aliphatic heterocycles. The maximum Gasteiger partial charge on any atom is 0.0701 e. The van der Waals surface area contributed by atoms with Crippen molar-refractivity contribution in [2.45, 2.75) is 26.1 Å². The molecular weight excluding hydrogens is 256 g/mol. The molecule has 0 aliphatic rings. The lowest BCUT2D eigenvalue weighted by Gasteiger charge is -2.09. The zero-order valence-electron chi connectivity index (χ0n) is 7.40. The number of aryl methyl sites for hydroxylation is 1. The molecule has 0 bridgehead atoms. The molecule has 3 heteroatoms. The Hall–Kier alpha value is 0.470. The molecule has 1 heterocycles. The Kier molecular flexibility index (Phi) is 3.62. The summed E-state index contributed by atoms with van der Waals surface area (Å²) >= 11 is 11.5. The number of hydrogen-bond donors (Lipinski definition) is 0. The van der Waals surface area contributed by atoms with Gasteiger partial charge in [-0.05, 0) is 34.8 Å². The molecule has 0 radical (unpaired) electrons. The fourth-order valence-corrected chi connectivity index (χ4v) is 2.86. The molecule has 1 atom stereocenters. The van der Waals surface area contributed by atoms with Crippen LogP contribution < -0.4 is 0 Å². The van der Waals surface area contributed by atoms with Crippen LogP contribution in [0.5, 0.6) is 0 Å². The van der Waals surface area contributed by atoms with Crippen LogP contribution in [0.25, 0.3) is 0 Å². The molecular formula is C9H12BrClS. The van der Waals surface area contributed by atoms with Crippen molar-refractivity contribution < 1.29 is 0 Å². The van der Waals surface area contributed by atoms with Crippen LogP contribution in [0.15, 0.2) is 10.5 Å². The smallest absolute Gasteiger partial charge is 0.0701 e. The maximum absolute atomic E-state index is 6.22. The van der Waals surface area contributed by atoms with Gasteiger partial charge in [-0.1, -0.05) is 13.8 Å². The number of rotatable bonds is 2. The van der Waals surface area contributed by atoms with Crippen molar-refractivity contribution in [3.8, 4) is 0 Å². The summed E-state index contributed by atoms with van der Waals surface area (Å²) in [4.78, 5) is 2.56. The molecule has 1 unspecified atom stereocenters. The van der Waals surface area contributed by atoms with Gasteiger partial charge >= 0.3 is 0 Å². The van der Waals surface area contributed by atoms with Gasteiger partial charge in [0, 0.05) is 14.2 Å². The minimum atomic E-state index is 0.153.